The molecule has 0 saturated carbocycles. The monoisotopic (exact) mass is 282 g/mol. The lowest BCUT2D eigenvalue weighted by molar-refractivity contribution is 0.397. The maximum absolute atomic E-state index is 5.38. The van der Waals surface area contributed by atoms with Crippen molar-refractivity contribution in [3.8, 4) is 5.75 Å². The van der Waals surface area contributed by atoms with Crippen LogP contribution in [-0.2, 0) is 6.42 Å². The SMILES string of the molecule is COc1ccc2c(c1)C(N[C@H](C)c1ccccn1)CCC2. The third kappa shape index (κ3) is 3.08. The van der Waals surface area contributed by atoms with E-state index in [0.717, 1.165) is 24.3 Å². The molecule has 21 heavy (non-hydrogen) atoms. The van der Waals surface area contributed by atoms with Gasteiger partial charge in [-0.25, -0.2) is 0 Å². The number of nitrogens with zero attached hydrogens (tertiary/aromatic N) is 1. The summed E-state index contributed by atoms with van der Waals surface area (Å²) >= 11 is 0. The number of aromatic nitrogens is 1. The number of hydrogen-bond donors (Lipinski definition) is 1. The van der Waals surface area contributed by atoms with Gasteiger partial charge >= 0.3 is 0 Å². The van der Waals surface area contributed by atoms with Crippen molar-refractivity contribution in [2.45, 2.75) is 38.3 Å². The molecular formula is C18H22N2O. The molecule has 0 bridgehead atoms. The minimum Gasteiger partial charge on any atom is -0.497 e. The number of fused-ring (bicyclic) bond motifs is 1. The fraction of sp³-hybridized carbons (Fsp3) is 0.389. The Morgan fingerprint density at radius 2 is 2.19 bits per heavy atom. The fourth-order valence-corrected chi connectivity index (χ4v) is 3.10. The standard InChI is InChI=1S/C18H22N2O/c1-13(17-7-3-4-11-19-17)20-18-8-5-6-14-9-10-15(21-2)12-16(14)18/h3-4,7,9-13,18,20H,5-6,8H2,1-2H3/t13-,18?/m1/s1. The lowest BCUT2D eigenvalue weighted by Crippen LogP contribution is -2.28. The number of nitrogens with one attached hydrogen (secondary N) is 1. The van der Waals surface area contributed by atoms with Gasteiger partial charge in [-0.3, -0.25) is 4.98 Å². The third-order valence-electron chi connectivity index (χ3n) is 4.25. The van der Waals surface area contributed by atoms with Gasteiger partial charge in [0, 0.05) is 18.3 Å². The Kier molecular flexibility index (Phi) is 4.20. The average molecular weight is 282 g/mol. The van der Waals surface area contributed by atoms with Gasteiger partial charge in [-0.15, -0.1) is 0 Å². The number of ether oxygens (including phenoxy) is 1. The quantitative estimate of drug-likeness (QED) is 0.925. The van der Waals surface area contributed by atoms with Gasteiger partial charge in [-0.05, 0) is 61.6 Å². The summed E-state index contributed by atoms with van der Waals surface area (Å²) < 4.78 is 5.38. The molecule has 3 rings (SSSR count). The number of benzene rings is 1. The summed E-state index contributed by atoms with van der Waals surface area (Å²) in [5.74, 6) is 0.938. The number of hydrogen-bond acceptors (Lipinski definition) is 3. The molecular weight excluding hydrogens is 260 g/mol. The highest BCUT2D eigenvalue weighted by atomic mass is 16.5. The van der Waals surface area contributed by atoms with Crippen LogP contribution >= 0.6 is 0 Å². The summed E-state index contributed by atoms with van der Waals surface area (Å²) in [7, 11) is 1.73. The van der Waals surface area contributed by atoms with Crippen molar-refractivity contribution >= 4 is 0 Å². The Bertz CT molecular complexity index is 597. The van der Waals surface area contributed by atoms with Crippen LogP contribution in [0.5, 0.6) is 5.75 Å². The van der Waals surface area contributed by atoms with Gasteiger partial charge in [0.2, 0.25) is 0 Å². The summed E-state index contributed by atoms with van der Waals surface area (Å²) in [5.41, 5.74) is 3.91. The molecule has 1 heterocycles. The first-order valence-corrected chi connectivity index (χ1v) is 7.61. The van der Waals surface area contributed by atoms with Crippen LogP contribution in [0, 0.1) is 0 Å². The van der Waals surface area contributed by atoms with Gasteiger partial charge in [0.25, 0.3) is 0 Å². The van der Waals surface area contributed by atoms with Crippen molar-refractivity contribution < 1.29 is 4.74 Å². The molecule has 0 spiro atoms. The van der Waals surface area contributed by atoms with Gasteiger partial charge in [0.15, 0.2) is 0 Å². The molecule has 0 aliphatic heterocycles. The van der Waals surface area contributed by atoms with Crippen LogP contribution < -0.4 is 10.1 Å². The Labute approximate surface area is 126 Å². The highest BCUT2D eigenvalue weighted by Gasteiger charge is 2.22. The van der Waals surface area contributed by atoms with Crippen molar-refractivity contribution in [2.24, 2.45) is 0 Å². The van der Waals surface area contributed by atoms with E-state index in [1.807, 2.05) is 18.3 Å². The van der Waals surface area contributed by atoms with Crippen molar-refractivity contribution in [3.05, 3.63) is 59.4 Å². The van der Waals surface area contributed by atoms with Gasteiger partial charge < -0.3 is 10.1 Å². The minimum atomic E-state index is 0.244. The largest absolute Gasteiger partial charge is 0.497 e. The number of pyridine rings is 1. The van der Waals surface area contributed by atoms with Crippen LogP contribution in [0.3, 0.4) is 0 Å². The normalized spacial score (nSPS) is 18.9. The molecule has 110 valence electrons. The Balaban J connectivity index is 1.81. The zero-order valence-electron chi connectivity index (χ0n) is 12.7. The summed E-state index contributed by atoms with van der Waals surface area (Å²) in [4.78, 5) is 4.45. The van der Waals surface area contributed by atoms with Crippen LogP contribution in [0.4, 0.5) is 0 Å². The summed E-state index contributed by atoms with van der Waals surface area (Å²) in [6, 6.07) is 13.1. The fourth-order valence-electron chi connectivity index (χ4n) is 3.10. The summed E-state index contributed by atoms with van der Waals surface area (Å²) in [5, 5.41) is 3.72. The number of rotatable bonds is 4. The molecule has 0 radical (unpaired) electrons. The molecule has 1 aliphatic carbocycles. The van der Waals surface area contributed by atoms with E-state index < -0.39 is 0 Å². The van der Waals surface area contributed by atoms with Crippen LogP contribution in [0.2, 0.25) is 0 Å². The lowest BCUT2D eigenvalue weighted by Gasteiger charge is -2.29. The third-order valence-corrected chi connectivity index (χ3v) is 4.25. The van der Waals surface area contributed by atoms with Crippen molar-refractivity contribution in [1.29, 1.82) is 0 Å². The molecule has 0 fully saturated rings. The molecule has 2 atom stereocenters. The highest BCUT2D eigenvalue weighted by molar-refractivity contribution is 5.39. The molecule has 3 heteroatoms. The second-order valence-corrected chi connectivity index (χ2v) is 5.65. The topological polar surface area (TPSA) is 34.1 Å². The van der Waals surface area contributed by atoms with Crippen molar-refractivity contribution in [1.82, 2.24) is 10.3 Å². The van der Waals surface area contributed by atoms with E-state index in [2.05, 4.69) is 41.5 Å². The van der Waals surface area contributed by atoms with Crippen LogP contribution in [-0.4, -0.2) is 12.1 Å². The van der Waals surface area contributed by atoms with E-state index in [1.165, 1.54) is 17.5 Å². The van der Waals surface area contributed by atoms with Crippen LogP contribution in [0.25, 0.3) is 0 Å². The van der Waals surface area contributed by atoms with E-state index in [0.29, 0.717) is 6.04 Å². The Morgan fingerprint density at radius 3 is 2.95 bits per heavy atom. The van der Waals surface area contributed by atoms with Crippen LogP contribution in [0.15, 0.2) is 42.6 Å². The van der Waals surface area contributed by atoms with Crippen LogP contribution in [0.1, 0.15) is 48.7 Å². The van der Waals surface area contributed by atoms with Gasteiger partial charge in [0.05, 0.1) is 12.8 Å². The molecule has 1 unspecified atom stereocenters. The average Bonchev–Trinajstić information content (AvgIpc) is 2.55. The summed E-state index contributed by atoms with van der Waals surface area (Å²) in [6.07, 6.45) is 5.41. The molecule has 2 aromatic rings. The first-order valence-electron chi connectivity index (χ1n) is 7.61. The second kappa shape index (κ2) is 6.27. The van der Waals surface area contributed by atoms with E-state index in [-0.39, 0.29) is 6.04 Å². The smallest absolute Gasteiger partial charge is 0.119 e. The molecule has 1 N–H and O–H groups in total. The highest BCUT2D eigenvalue weighted by Crippen LogP contribution is 2.33. The van der Waals surface area contributed by atoms with E-state index in [1.54, 1.807) is 7.11 Å². The van der Waals surface area contributed by atoms with Gasteiger partial charge in [-0.1, -0.05) is 12.1 Å². The predicted octanol–water partition coefficient (Wildman–Crippen LogP) is 3.82. The van der Waals surface area contributed by atoms with Gasteiger partial charge in [0.1, 0.15) is 5.75 Å². The Morgan fingerprint density at radius 1 is 1.29 bits per heavy atom. The van der Waals surface area contributed by atoms with E-state index in [9.17, 15) is 0 Å². The maximum atomic E-state index is 5.38. The minimum absolute atomic E-state index is 0.244. The second-order valence-electron chi connectivity index (χ2n) is 5.65. The zero-order valence-corrected chi connectivity index (χ0v) is 12.7. The predicted molar refractivity (Wildman–Crippen MR) is 84.5 cm³/mol. The molecule has 1 aliphatic rings. The first kappa shape index (κ1) is 14.1. The number of methoxy groups -OCH3 is 1. The number of aryl methyl sites for hydroxylation is 1. The van der Waals surface area contributed by atoms with E-state index in [4.69, 9.17) is 4.74 Å². The maximum Gasteiger partial charge on any atom is 0.119 e. The van der Waals surface area contributed by atoms with Gasteiger partial charge in [-0.2, -0.15) is 0 Å². The molecule has 1 aromatic heterocycles. The first-order chi connectivity index (χ1) is 10.3. The Hall–Kier alpha value is -1.87. The molecule has 3 nitrogen and oxygen atoms in total. The lowest BCUT2D eigenvalue weighted by atomic mass is 9.87. The molecule has 1 aromatic carbocycles. The molecule has 0 saturated heterocycles. The molecule has 0 amide bonds. The van der Waals surface area contributed by atoms with E-state index >= 15 is 0 Å². The zero-order chi connectivity index (χ0) is 14.7. The van der Waals surface area contributed by atoms with Crippen molar-refractivity contribution in [3.63, 3.8) is 0 Å². The summed E-state index contributed by atoms with van der Waals surface area (Å²) in [6.45, 7) is 2.18. The van der Waals surface area contributed by atoms with Crippen molar-refractivity contribution in [2.75, 3.05) is 7.11 Å².